The summed E-state index contributed by atoms with van der Waals surface area (Å²) in [6.07, 6.45) is 2.29. The summed E-state index contributed by atoms with van der Waals surface area (Å²) < 4.78 is 0. The maximum atomic E-state index is 2.37. The van der Waals surface area contributed by atoms with Crippen LogP contribution in [0.15, 0.2) is 91.0 Å². The van der Waals surface area contributed by atoms with E-state index in [1.165, 1.54) is 27.8 Å². The lowest BCUT2D eigenvalue weighted by molar-refractivity contribution is 0.518. The SMILES string of the molecule is C/C=C1/c2ccccc2C(c2ccccc2)(c2ccccc2)C1C. The van der Waals surface area contributed by atoms with Gasteiger partial charge in [-0.3, -0.25) is 0 Å². The number of rotatable bonds is 2. The molecular formula is C24H22. The van der Waals surface area contributed by atoms with E-state index in [0.29, 0.717) is 5.92 Å². The molecule has 0 fully saturated rings. The van der Waals surface area contributed by atoms with Crippen molar-refractivity contribution in [2.24, 2.45) is 5.92 Å². The van der Waals surface area contributed by atoms with E-state index in [0.717, 1.165) is 0 Å². The van der Waals surface area contributed by atoms with Crippen LogP contribution in [0.5, 0.6) is 0 Å². The Bertz CT molecular complexity index is 833. The predicted octanol–water partition coefficient (Wildman–Crippen LogP) is 6.07. The van der Waals surface area contributed by atoms with Gasteiger partial charge in [-0.25, -0.2) is 0 Å². The second kappa shape index (κ2) is 5.79. The van der Waals surface area contributed by atoms with Crippen molar-refractivity contribution < 1.29 is 0 Å². The molecule has 0 saturated heterocycles. The third kappa shape index (κ3) is 1.93. The molecule has 1 aliphatic carbocycles. The van der Waals surface area contributed by atoms with Crippen LogP contribution in [0.3, 0.4) is 0 Å². The first-order chi connectivity index (χ1) is 11.8. The zero-order chi connectivity index (χ0) is 16.6. The van der Waals surface area contributed by atoms with Crippen LogP contribution < -0.4 is 0 Å². The van der Waals surface area contributed by atoms with Crippen LogP contribution in [-0.2, 0) is 5.41 Å². The molecule has 3 aromatic carbocycles. The molecule has 0 radical (unpaired) electrons. The molecule has 0 heterocycles. The lowest BCUT2D eigenvalue weighted by atomic mass is 9.65. The van der Waals surface area contributed by atoms with E-state index in [-0.39, 0.29) is 5.41 Å². The molecule has 0 aromatic heterocycles. The van der Waals surface area contributed by atoms with E-state index in [2.05, 4.69) is 105 Å². The normalized spacial score (nSPS) is 20.1. The van der Waals surface area contributed by atoms with E-state index in [4.69, 9.17) is 0 Å². The highest BCUT2D eigenvalue weighted by Crippen LogP contribution is 2.56. The van der Waals surface area contributed by atoms with Gasteiger partial charge in [0.1, 0.15) is 0 Å². The van der Waals surface area contributed by atoms with Gasteiger partial charge in [0.15, 0.2) is 0 Å². The molecule has 0 nitrogen and oxygen atoms in total. The lowest BCUT2D eigenvalue weighted by Crippen LogP contribution is -2.32. The zero-order valence-corrected chi connectivity index (χ0v) is 14.2. The Morgan fingerprint density at radius 1 is 0.708 bits per heavy atom. The molecule has 1 atom stereocenters. The predicted molar refractivity (Wildman–Crippen MR) is 102 cm³/mol. The van der Waals surface area contributed by atoms with Gasteiger partial charge in [0.05, 0.1) is 5.41 Å². The fraction of sp³-hybridized carbons (Fsp3) is 0.167. The smallest absolute Gasteiger partial charge is 0.0523 e. The largest absolute Gasteiger partial charge is 0.0835 e. The lowest BCUT2D eigenvalue weighted by Gasteiger charge is -2.36. The number of hydrogen-bond donors (Lipinski definition) is 0. The van der Waals surface area contributed by atoms with E-state index in [9.17, 15) is 0 Å². The van der Waals surface area contributed by atoms with E-state index in [1.54, 1.807) is 0 Å². The number of allylic oxidation sites excluding steroid dienone is 2. The minimum Gasteiger partial charge on any atom is -0.0835 e. The highest BCUT2D eigenvalue weighted by molar-refractivity contribution is 5.81. The topological polar surface area (TPSA) is 0 Å². The first-order valence-electron chi connectivity index (χ1n) is 8.67. The summed E-state index contributed by atoms with van der Waals surface area (Å²) in [5, 5.41) is 0. The van der Waals surface area contributed by atoms with Crippen molar-refractivity contribution in [3.05, 3.63) is 113 Å². The third-order valence-corrected chi connectivity index (χ3v) is 5.55. The van der Waals surface area contributed by atoms with E-state index >= 15 is 0 Å². The molecule has 0 bridgehead atoms. The Kier molecular flexibility index (Phi) is 3.61. The maximum Gasteiger partial charge on any atom is 0.0523 e. The molecule has 0 amide bonds. The quantitative estimate of drug-likeness (QED) is 0.538. The second-order valence-electron chi connectivity index (χ2n) is 6.55. The summed E-state index contributed by atoms with van der Waals surface area (Å²) in [6, 6.07) is 30.8. The van der Waals surface area contributed by atoms with Crippen molar-refractivity contribution in [2.75, 3.05) is 0 Å². The van der Waals surface area contributed by atoms with E-state index < -0.39 is 0 Å². The summed E-state index contributed by atoms with van der Waals surface area (Å²) in [6.45, 7) is 4.53. The van der Waals surface area contributed by atoms with Crippen molar-refractivity contribution in [2.45, 2.75) is 19.3 Å². The highest BCUT2D eigenvalue weighted by Gasteiger charge is 2.49. The van der Waals surface area contributed by atoms with Gasteiger partial charge in [0, 0.05) is 0 Å². The Hall–Kier alpha value is -2.60. The summed E-state index contributed by atoms with van der Waals surface area (Å²) >= 11 is 0. The molecule has 0 N–H and O–H groups in total. The molecule has 24 heavy (non-hydrogen) atoms. The minimum atomic E-state index is -0.124. The molecule has 1 aliphatic rings. The van der Waals surface area contributed by atoms with E-state index in [1.807, 2.05) is 0 Å². The Morgan fingerprint density at radius 3 is 1.75 bits per heavy atom. The first kappa shape index (κ1) is 15.0. The van der Waals surface area contributed by atoms with Crippen LogP contribution in [0.4, 0.5) is 0 Å². The summed E-state index contributed by atoms with van der Waals surface area (Å²) in [5.74, 6) is 0.393. The van der Waals surface area contributed by atoms with Crippen LogP contribution in [0.25, 0.3) is 5.57 Å². The van der Waals surface area contributed by atoms with Crippen molar-refractivity contribution in [3.63, 3.8) is 0 Å². The van der Waals surface area contributed by atoms with Gasteiger partial charge in [-0.15, -0.1) is 0 Å². The van der Waals surface area contributed by atoms with Crippen LogP contribution in [-0.4, -0.2) is 0 Å². The Balaban J connectivity index is 2.13. The molecule has 0 heteroatoms. The van der Waals surface area contributed by atoms with Crippen molar-refractivity contribution in [3.8, 4) is 0 Å². The molecule has 118 valence electrons. The molecule has 0 saturated carbocycles. The van der Waals surface area contributed by atoms with Crippen molar-refractivity contribution in [1.82, 2.24) is 0 Å². The van der Waals surface area contributed by atoms with Gasteiger partial charge < -0.3 is 0 Å². The fourth-order valence-electron chi connectivity index (χ4n) is 4.56. The van der Waals surface area contributed by atoms with Crippen molar-refractivity contribution >= 4 is 5.57 Å². The van der Waals surface area contributed by atoms with Crippen LogP contribution in [0.1, 0.15) is 36.1 Å². The molecule has 3 aromatic rings. The fourth-order valence-corrected chi connectivity index (χ4v) is 4.56. The third-order valence-electron chi connectivity index (χ3n) is 5.55. The molecule has 0 spiro atoms. The molecule has 0 aliphatic heterocycles. The zero-order valence-electron chi connectivity index (χ0n) is 14.2. The molecule has 1 unspecified atom stereocenters. The van der Waals surface area contributed by atoms with Gasteiger partial charge in [-0.2, -0.15) is 0 Å². The molecule has 4 rings (SSSR count). The average Bonchev–Trinajstić information content (AvgIpc) is 2.91. The average molecular weight is 310 g/mol. The Morgan fingerprint density at radius 2 is 1.21 bits per heavy atom. The molecular weight excluding hydrogens is 288 g/mol. The summed E-state index contributed by atoms with van der Waals surface area (Å²) in [5.41, 5.74) is 6.86. The first-order valence-corrected chi connectivity index (χ1v) is 8.67. The van der Waals surface area contributed by atoms with Gasteiger partial charge in [-0.05, 0) is 40.7 Å². The standard InChI is InChI=1S/C24H22/c1-3-21-18(2)24(19-12-6-4-7-13-19,20-14-8-5-9-15-20)23-17-11-10-16-22(21)23/h3-18H,1-2H3/b21-3+. The van der Waals surface area contributed by atoms with Crippen LogP contribution >= 0.6 is 0 Å². The maximum absolute atomic E-state index is 2.37. The minimum absolute atomic E-state index is 0.124. The number of benzene rings is 3. The van der Waals surface area contributed by atoms with Gasteiger partial charge >= 0.3 is 0 Å². The summed E-state index contributed by atoms with van der Waals surface area (Å²) in [4.78, 5) is 0. The summed E-state index contributed by atoms with van der Waals surface area (Å²) in [7, 11) is 0. The number of hydrogen-bond acceptors (Lipinski definition) is 0. The van der Waals surface area contributed by atoms with Crippen molar-refractivity contribution in [1.29, 1.82) is 0 Å². The Labute approximate surface area is 144 Å². The number of fused-ring (bicyclic) bond motifs is 1. The van der Waals surface area contributed by atoms with Crippen LogP contribution in [0.2, 0.25) is 0 Å². The van der Waals surface area contributed by atoms with Gasteiger partial charge in [0.25, 0.3) is 0 Å². The van der Waals surface area contributed by atoms with Crippen LogP contribution in [0, 0.1) is 5.92 Å². The second-order valence-corrected chi connectivity index (χ2v) is 6.55. The monoisotopic (exact) mass is 310 g/mol. The van der Waals surface area contributed by atoms with Gasteiger partial charge in [0.2, 0.25) is 0 Å². The highest BCUT2D eigenvalue weighted by atomic mass is 14.5. The van der Waals surface area contributed by atoms with Gasteiger partial charge in [-0.1, -0.05) is 97.9 Å².